The van der Waals surface area contributed by atoms with Crippen LogP contribution in [0.5, 0.6) is 0 Å². The van der Waals surface area contributed by atoms with Crippen LogP contribution in [-0.4, -0.2) is 28.7 Å². The molecule has 2 aliphatic heterocycles. The average molecular weight is 171 g/mol. The summed E-state index contributed by atoms with van der Waals surface area (Å²) in [7, 11) is 0. The van der Waals surface area contributed by atoms with Crippen LogP contribution in [0.1, 0.15) is 6.42 Å². The maximum Gasteiger partial charge on any atom is 0.230 e. The molecule has 0 spiro atoms. The van der Waals surface area contributed by atoms with Gasteiger partial charge in [0.25, 0.3) is 0 Å². The van der Waals surface area contributed by atoms with Crippen LogP contribution in [0.3, 0.4) is 0 Å². The van der Waals surface area contributed by atoms with Crippen molar-refractivity contribution in [1.29, 1.82) is 0 Å². The van der Waals surface area contributed by atoms with E-state index >= 15 is 0 Å². The Morgan fingerprint density at radius 1 is 1.64 bits per heavy atom. The lowest BCUT2D eigenvalue weighted by molar-refractivity contribution is -0.137. The number of hydrogen-bond donors (Lipinski definition) is 0. The van der Waals surface area contributed by atoms with Crippen molar-refractivity contribution in [3.8, 4) is 0 Å². The molecule has 0 bridgehead atoms. The minimum absolute atomic E-state index is 0.267. The van der Waals surface area contributed by atoms with Crippen molar-refractivity contribution in [3.05, 3.63) is 12.3 Å². The van der Waals surface area contributed by atoms with E-state index in [0.29, 0.717) is 5.37 Å². The third-order valence-corrected chi connectivity index (χ3v) is 2.76. The quantitative estimate of drug-likeness (QED) is 0.501. The topological polar surface area (TPSA) is 37.4 Å². The van der Waals surface area contributed by atoms with Gasteiger partial charge in [0.1, 0.15) is 6.79 Å². The molecule has 60 valence electrons. The molecule has 11 heavy (non-hydrogen) atoms. The molecule has 0 aromatic carbocycles. The Morgan fingerprint density at radius 2 is 2.36 bits per heavy atom. The Balaban J connectivity index is 0.000000281. The summed E-state index contributed by atoms with van der Waals surface area (Å²) in [5.74, 6) is 1.33. The van der Waals surface area contributed by atoms with Crippen LogP contribution >= 0.6 is 11.8 Å². The number of rotatable bonds is 0. The molecule has 0 radical (unpaired) electrons. The zero-order valence-corrected chi connectivity index (χ0v) is 6.84. The first-order valence-corrected chi connectivity index (χ1v) is 4.31. The maximum atomic E-state index is 10.7. The summed E-state index contributed by atoms with van der Waals surface area (Å²) in [6, 6.07) is 0. The third kappa shape index (κ3) is 1.45. The first kappa shape index (κ1) is 8.33. The predicted octanol–water partition coefficient (Wildman–Crippen LogP) is 0.620. The summed E-state index contributed by atoms with van der Waals surface area (Å²) in [5, 5.41) is 0.475. The van der Waals surface area contributed by atoms with E-state index in [1.807, 2.05) is 30.8 Å². The molecule has 0 saturated carbocycles. The van der Waals surface area contributed by atoms with E-state index in [1.165, 1.54) is 0 Å². The fourth-order valence-corrected chi connectivity index (χ4v) is 2.07. The Labute approximate surface area is 69.4 Å². The van der Waals surface area contributed by atoms with E-state index in [1.54, 1.807) is 4.90 Å². The number of thioether (sulfide) groups is 1. The van der Waals surface area contributed by atoms with E-state index < -0.39 is 0 Å². The first-order valence-electron chi connectivity index (χ1n) is 3.26. The van der Waals surface area contributed by atoms with Gasteiger partial charge in [0, 0.05) is 12.0 Å². The molecule has 1 fully saturated rings. The lowest BCUT2D eigenvalue weighted by Gasteiger charge is -2.39. The van der Waals surface area contributed by atoms with Crippen LogP contribution in [0.15, 0.2) is 12.3 Å². The summed E-state index contributed by atoms with van der Waals surface area (Å²) in [6.07, 6.45) is 4.67. The van der Waals surface area contributed by atoms with Gasteiger partial charge in [-0.1, -0.05) is 6.08 Å². The lowest BCUT2D eigenvalue weighted by atomic mass is 10.2. The minimum atomic E-state index is 0.267. The van der Waals surface area contributed by atoms with Crippen LogP contribution in [0.25, 0.3) is 0 Å². The molecular formula is C7H9NO2S. The molecule has 2 heterocycles. The molecule has 2 aliphatic rings. The van der Waals surface area contributed by atoms with Gasteiger partial charge >= 0.3 is 0 Å². The molecule has 4 heteroatoms. The van der Waals surface area contributed by atoms with Gasteiger partial charge in [-0.25, -0.2) is 0 Å². The van der Waals surface area contributed by atoms with Gasteiger partial charge in [-0.05, 0) is 0 Å². The molecular weight excluding hydrogens is 162 g/mol. The van der Waals surface area contributed by atoms with Crippen LogP contribution in [0.2, 0.25) is 0 Å². The van der Waals surface area contributed by atoms with Crippen LogP contribution in [0.4, 0.5) is 0 Å². The zero-order valence-electron chi connectivity index (χ0n) is 6.03. The van der Waals surface area contributed by atoms with Gasteiger partial charge in [0.15, 0.2) is 0 Å². The molecule has 1 amide bonds. The molecule has 1 atom stereocenters. The molecule has 1 saturated heterocycles. The van der Waals surface area contributed by atoms with Gasteiger partial charge in [0.05, 0.1) is 11.8 Å². The second-order valence-electron chi connectivity index (χ2n) is 2.18. The van der Waals surface area contributed by atoms with Gasteiger partial charge in [-0.2, -0.15) is 0 Å². The highest BCUT2D eigenvalue weighted by Crippen LogP contribution is 2.32. The third-order valence-electron chi connectivity index (χ3n) is 1.60. The van der Waals surface area contributed by atoms with E-state index in [-0.39, 0.29) is 5.91 Å². The van der Waals surface area contributed by atoms with Crippen molar-refractivity contribution in [2.75, 3.05) is 5.75 Å². The number of β-lactam (4-membered cyclic amide) rings is 1. The molecule has 0 aliphatic carbocycles. The fourth-order valence-electron chi connectivity index (χ4n) is 1.04. The highest BCUT2D eigenvalue weighted by Gasteiger charge is 2.35. The van der Waals surface area contributed by atoms with Crippen molar-refractivity contribution in [3.63, 3.8) is 0 Å². The minimum Gasteiger partial charge on any atom is -0.307 e. The molecule has 3 nitrogen and oxygen atoms in total. The largest absolute Gasteiger partial charge is 0.307 e. The second kappa shape index (κ2) is 3.57. The first-order chi connectivity index (χ1) is 5.38. The van der Waals surface area contributed by atoms with E-state index in [0.717, 1.165) is 12.2 Å². The second-order valence-corrected chi connectivity index (χ2v) is 3.39. The standard InChI is InChI=1S/C6H7NOS.CH2O/c8-5-4-6-7(5)2-1-3-9-6;1-2/h1-2,6H,3-4H2;1H2. The molecule has 1 unspecified atom stereocenters. The van der Waals surface area contributed by atoms with Crippen molar-refractivity contribution in [1.82, 2.24) is 4.90 Å². The number of hydrogen-bond acceptors (Lipinski definition) is 3. The number of carbonyl (C=O) groups is 2. The fraction of sp³-hybridized carbons (Fsp3) is 0.429. The summed E-state index contributed by atoms with van der Waals surface area (Å²) in [5.41, 5.74) is 0. The number of amides is 1. The average Bonchev–Trinajstić information content (AvgIpc) is 2.07. The summed E-state index contributed by atoms with van der Waals surface area (Å²) in [6.45, 7) is 2.00. The predicted molar refractivity (Wildman–Crippen MR) is 44.0 cm³/mol. The van der Waals surface area contributed by atoms with Crippen molar-refractivity contribution in [2.24, 2.45) is 0 Å². The molecule has 2 rings (SSSR count). The molecule has 0 aromatic rings. The summed E-state index contributed by atoms with van der Waals surface area (Å²) in [4.78, 5) is 20.5. The van der Waals surface area contributed by atoms with Gasteiger partial charge in [-0.3, -0.25) is 4.79 Å². The van der Waals surface area contributed by atoms with Crippen LogP contribution < -0.4 is 0 Å². The van der Waals surface area contributed by atoms with Crippen LogP contribution in [0, 0.1) is 0 Å². The van der Waals surface area contributed by atoms with Crippen molar-refractivity contribution < 1.29 is 9.59 Å². The Morgan fingerprint density at radius 3 is 2.82 bits per heavy atom. The zero-order chi connectivity index (χ0) is 8.27. The van der Waals surface area contributed by atoms with Gasteiger partial charge in [-0.15, -0.1) is 11.8 Å². The monoisotopic (exact) mass is 171 g/mol. The van der Waals surface area contributed by atoms with Crippen molar-refractivity contribution in [2.45, 2.75) is 11.8 Å². The molecule has 0 N–H and O–H groups in total. The number of fused-ring (bicyclic) bond motifs is 1. The number of carbonyl (C=O) groups excluding carboxylic acids is 2. The van der Waals surface area contributed by atoms with Gasteiger partial charge in [0.2, 0.25) is 5.91 Å². The Hall–Kier alpha value is -0.770. The molecule has 0 aromatic heterocycles. The van der Waals surface area contributed by atoms with E-state index in [2.05, 4.69) is 0 Å². The summed E-state index contributed by atoms with van der Waals surface area (Å²) >= 11 is 1.84. The Bertz CT molecular complexity index is 193. The van der Waals surface area contributed by atoms with Crippen LogP contribution in [-0.2, 0) is 9.59 Å². The van der Waals surface area contributed by atoms with Crippen molar-refractivity contribution >= 4 is 24.5 Å². The highest BCUT2D eigenvalue weighted by molar-refractivity contribution is 8.00. The lowest BCUT2D eigenvalue weighted by Crippen LogP contribution is -2.48. The summed E-state index contributed by atoms with van der Waals surface area (Å²) < 4.78 is 0. The maximum absolute atomic E-state index is 10.7. The highest BCUT2D eigenvalue weighted by atomic mass is 32.2. The SMILES string of the molecule is C=O.O=C1CC2SCC=CN12. The number of nitrogens with zero attached hydrogens (tertiary/aromatic N) is 1. The normalized spacial score (nSPS) is 26.4. The van der Waals surface area contributed by atoms with E-state index in [4.69, 9.17) is 4.79 Å². The van der Waals surface area contributed by atoms with E-state index in [9.17, 15) is 4.79 Å². The van der Waals surface area contributed by atoms with Gasteiger partial charge < -0.3 is 9.69 Å². The Kier molecular flexibility index (Phi) is 2.70. The smallest absolute Gasteiger partial charge is 0.230 e.